The van der Waals surface area contributed by atoms with E-state index in [1.54, 1.807) is 14.0 Å². The molecule has 0 bridgehead atoms. The first-order chi connectivity index (χ1) is 6.91. The van der Waals surface area contributed by atoms with Gasteiger partial charge in [0.1, 0.15) is 0 Å². The Morgan fingerprint density at radius 1 is 1.47 bits per heavy atom. The van der Waals surface area contributed by atoms with Gasteiger partial charge in [0.15, 0.2) is 0 Å². The zero-order chi connectivity index (χ0) is 11.9. The van der Waals surface area contributed by atoms with Crippen molar-refractivity contribution in [2.24, 2.45) is 0 Å². The average molecular weight is 218 g/mol. The number of rotatable bonds is 7. The van der Waals surface area contributed by atoms with E-state index in [4.69, 9.17) is 9.47 Å². The van der Waals surface area contributed by atoms with E-state index in [0.29, 0.717) is 19.4 Å². The number of ether oxygens (including phenoxy) is 2. The summed E-state index contributed by atoms with van der Waals surface area (Å²) in [4.78, 5) is 11.0. The van der Waals surface area contributed by atoms with Crippen LogP contribution in [-0.2, 0) is 14.3 Å². The van der Waals surface area contributed by atoms with Crippen LogP contribution >= 0.6 is 0 Å². The van der Waals surface area contributed by atoms with Crippen molar-refractivity contribution in [1.82, 2.24) is 0 Å². The van der Waals surface area contributed by atoms with E-state index in [1.165, 1.54) is 0 Å². The monoisotopic (exact) mass is 218 g/mol. The second-order valence-corrected chi connectivity index (χ2v) is 4.17. The van der Waals surface area contributed by atoms with E-state index < -0.39 is 6.10 Å². The topological polar surface area (TPSA) is 55.8 Å². The van der Waals surface area contributed by atoms with Crippen LogP contribution in [0.1, 0.15) is 40.0 Å². The minimum Gasteiger partial charge on any atom is -0.466 e. The standard InChI is InChI=1S/C11H22O4/c1-5-15-10(13)7-6-9(12)8-11(2,3)14-4/h9,12H,5-8H2,1-4H3. The third kappa shape index (κ3) is 7.33. The van der Waals surface area contributed by atoms with Crippen LogP contribution in [0.4, 0.5) is 0 Å². The van der Waals surface area contributed by atoms with Crippen molar-refractivity contribution < 1.29 is 19.4 Å². The first-order valence-corrected chi connectivity index (χ1v) is 5.30. The summed E-state index contributed by atoms with van der Waals surface area (Å²) in [5.41, 5.74) is -0.353. The van der Waals surface area contributed by atoms with Crippen molar-refractivity contribution >= 4 is 5.97 Å². The van der Waals surface area contributed by atoms with Gasteiger partial charge >= 0.3 is 5.97 Å². The Bertz CT molecular complexity index is 189. The van der Waals surface area contributed by atoms with Crippen LogP contribution in [0.25, 0.3) is 0 Å². The summed E-state index contributed by atoms with van der Waals surface area (Å²) in [6.45, 7) is 5.96. The second kappa shape index (κ2) is 6.80. The van der Waals surface area contributed by atoms with Crippen LogP contribution in [-0.4, -0.2) is 36.5 Å². The van der Waals surface area contributed by atoms with Gasteiger partial charge in [-0.05, 0) is 27.2 Å². The predicted octanol–water partition coefficient (Wildman–Crippen LogP) is 1.51. The van der Waals surface area contributed by atoms with Crippen molar-refractivity contribution in [3.05, 3.63) is 0 Å². The minimum absolute atomic E-state index is 0.258. The van der Waals surface area contributed by atoms with Gasteiger partial charge in [0.25, 0.3) is 0 Å². The number of carbonyl (C=O) groups is 1. The molecule has 0 aliphatic carbocycles. The van der Waals surface area contributed by atoms with Gasteiger partial charge in [-0.15, -0.1) is 0 Å². The highest BCUT2D eigenvalue weighted by Crippen LogP contribution is 2.18. The van der Waals surface area contributed by atoms with Gasteiger partial charge in [-0.1, -0.05) is 0 Å². The number of esters is 1. The van der Waals surface area contributed by atoms with Gasteiger partial charge in [-0.2, -0.15) is 0 Å². The summed E-state index contributed by atoms with van der Waals surface area (Å²) in [5, 5.41) is 9.65. The molecule has 0 saturated heterocycles. The van der Waals surface area contributed by atoms with Gasteiger partial charge in [-0.25, -0.2) is 0 Å². The fourth-order valence-corrected chi connectivity index (χ4v) is 1.27. The molecule has 1 atom stereocenters. The zero-order valence-electron chi connectivity index (χ0n) is 10.1. The molecule has 0 fully saturated rings. The molecule has 1 N–H and O–H groups in total. The Balaban J connectivity index is 3.75. The van der Waals surface area contributed by atoms with Crippen molar-refractivity contribution in [1.29, 1.82) is 0 Å². The Morgan fingerprint density at radius 2 is 2.07 bits per heavy atom. The Hall–Kier alpha value is -0.610. The lowest BCUT2D eigenvalue weighted by Crippen LogP contribution is -2.29. The lowest BCUT2D eigenvalue weighted by atomic mass is 9.98. The van der Waals surface area contributed by atoms with Gasteiger partial charge in [-0.3, -0.25) is 4.79 Å². The fourth-order valence-electron chi connectivity index (χ4n) is 1.27. The molecule has 4 nitrogen and oxygen atoms in total. The highest BCUT2D eigenvalue weighted by atomic mass is 16.5. The third-order valence-corrected chi connectivity index (χ3v) is 2.27. The molecule has 0 aliphatic rings. The van der Waals surface area contributed by atoms with Crippen molar-refractivity contribution in [2.75, 3.05) is 13.7 Å². The molecular weight excluding hydrogens is 196 g/mol. The quantitative estimate of drug-likeness (QED) is 0.658. The van der Waals surface area contributed by atoms with E-state index in [-0.39, 0.29) is 18.0 Å². The average Bonchev–Trinajstić information content (AvgIpc) is 2.15. The van der Waals surface area contributed by atoms with Gasteiger partial charge in [0.05, 0.1) is 18.3 Å². The first kappa shape index (κ1) is 14.4. The Labute approximate surface area is 91.6 Å². The maximum Gasteiger partial charge on any atom is 0.305 e. The fraction of sp³-hybridized carbons (Fsp3) is 0.909. The van der Waals surface area contributed by atoms with E-state index in [1.807, 2.05) is 13.8 Å². The molecule has 0 saturated carbocycles. The molecule has 0 rings (SSSR count). The Kier molecular flexibility index (Phi) is 6.52. The largest absolute Gasteiger partial charge is 0.466 e. The first-order valence-electron chi connectivity index (χ1n) is 5.30. The van der Waals surface area contributed by atoms with Crippen LogP contribution in [0.5, 0.6) is 0 Å². The van der Waals surface area contributed by atoms with Gasteiger partial charge in [0, 0.05) is 20.0 Å². The summed E-state index contributed by atoms with van der Waals surface area (Å²) in [6.07, 6.45) is 0.674. The molecule has 0 amide bonds. The van der Waals surface area contributed by atoms with E-state index >= 15 is 0 Å². The molecule has 1 unspecified atom stereocenters. The summed E-state index contributed by atoms with van der Waals surface area (Å²) >= 11 is 0. The van der Waals surface area contributed by atoms with Crippen LogP contribution in [0.3, 0.4) is 0 Å². The Morgan fingerprint density at radius 3 is 2.53 bits per heavy atom. The number of hydrogen-bond donors (Lipinski definition) is 1. The predicted molar refractivity (Wildman–Crippen MR) is 57.6 cm³/mol. The van der Waals surface area contributed by atoms with Crippen LogP contribution in [0, 0.1) is 0 Å². The molecular formula is C11H22O4. The molecule has 0 aliphatic heterocycles. The van der Waals surface area contributed by atoms with E-state index in [0.717, 1.165) is 0 Å². The SMILES string of the molecule is CCOC(=O)CCC(O)CC(C)(C)OC. The maximum absolute atomic E-state index is 11.0. The number of carbonyl (C=O) groups excluding carboxylic acids is 1. The summed E-state index contributed by atoms with van der Waals surface area (Å²) in [5.74, 6) is -0.258. The van der Waals surface area contributed by atoms with Crippen molar-refractivity contribution in [3.8, 4) is 0 Å². The number of aliphatic hydroxyl groups excluding tert-OH is 1. The normalized spacial score (nSPS) is 13.7. The molecule has 0 spiro atoms. The molecule has 0 radical (unpaired) electrons. The minimum atomic E-state index is -0.524. The lowest BCUT2D eigenvalue weighted by Gasteiger charge is -2.25. The van der Waals surface area contributed by atoms with E-state index in [9.17, 15) is 9.90 Å². The third-order valence-electron chi connectivity index (χ3n) is 2.27. The summed E-state index contributed by atoms with van der Waals surface area (Å²) < 4.78 is 9.95. The summed E-state index contributed by atoms with van der Waals surface area (Å²) in [6, 6.07) is 0. The summed E-state index contributed by atoms with van der Waals surface area (Å²) in [7, 11) is 1.61. The van der Waals surface area contributed by atoms with Gasteiger partial charge < -0.3 is 14.6 Å². The maximum atomic E-state index is 11.0. The number of aliphatic hydroxyl groups is 1. The smallest absolute Gasteiger partial charge is 0.305 e. The van der Waals surface area contributed by atoms with Crippen LogP contribution in [0.2, 0.25) is 0 Å². The lowest BCUT2D eigenvalue weighted by molar-refractivity contribution is -0.144. The number of methoxy groups -OCH3 is 1. The highest BCUT2D eigenvalue weighted by Gasteiger charge is 2.21. The molecule has 15 heavy (non-hydrogen) atoms. The highest BCUT2D eigenvalue weighted by molar-refractivity contribution is 5.69. The molecule has 0 heterocycles. The van der Waals surface area contributed by atoms with Crippen molar-refractivity contribution in [2.45, 2.75) is 51.7 Å². The molecule has 0 aromatic rings. The number of hydrogen-bond acceptors (Lipinski definition) is 4. The molecule has 90 valence electrons. The molecule has 0 aromatic heterocycles. The van der Waals surface area contributed by atoms with Crippen LogP contribution in [0.15, 0.2) is 0 Å². The van der Waals surface area contributed by atoms with Gasteiger partial charge in [0.2, 0.25) is 0 Å². The zero-order valence-corrected chi connectivity index (χ0v) is 10.1. The molecule has 4 heteroatoms. The second-order valence-electron chi connectivity index (χ2n) is 4.17. The van der Waals surface area contributed by atoms with Crippen LogP contribution < -0.4 is 0 Å². The van der Waals surface area contributed by atoms with E-state index in [2.05, 4.69) is 0 Å². The van der Waals surface area contributed by atoms with Crippen molar-refractivity contribution in [3.63, 3.8) is 0 Å². The molecule has 0 aromatic carbocycles.